The zero-order valence-electron chi connectivity index (χ0n) is 9.53. The minimum absolute atomic E-state index is 0.136. The minimum atomic E-state index is -0.510. The van der Waals surface area contributed by atoms with E-state index < -0.39 is 5.97 Å². The van der Waals surface area contributed by atoms with Crippen molar-refractivity contribution in [1.82, 2.24) is 5.32 Å². The van der Waals surface area contributed by atoms with Crippen LogP contribution in [0, 0.1) is 0 Å². The molecule has 92 valence electrons. The van der Waals surface area contributed by atoms with Crippen molar-refractivity contribution < 1.29 is 14.3 Å². The highest BCUT2D eigenvalue weighted by Gasteiger charge is 2.09. The molecule has 1 rings (SSSR count). The second kappa shape index (κ2) is 6.91. The Balaban J connectivity index is 2.53. The maximum Gasteiger partial charge on any atom is 0.330 e. The van der Waals surface area contributed by atoms with E-state index in [1.165, 1.54) is 0 Å². The number of halogens is 1. The molecule has 0 unspecified atom stereocenters. The topological polar surface area (TPSA) is 55.4 Å². The summed E-state index contributed by atoms with van der Waals surface area (Å²) in [4.78, 5) is 22.4. The molecule has 0 saturated heterocycles. The summed E-state index contributed by atoms with van der Waals surface area (Å²) in [5.74, 6) is 0.000283. The molecule has 0 aliphatic rings. The summed E-state index contributed by atoms with van der Waals surface area (Å²) in [5, 5.41) is 2.44. The number of rotatable bonds is 5. The van der Waals surface area contributed by atoms with Gasteiger partial charge in [0.15, 0.2) is 0 Å². The number of carbonyl (C=O) groups is 2. The van der Waals surface area contributed by atoms with Crippen LogP contribution in [0.4, 0.5) is 0 Å². The maximum atomic E-state index is 11.4. The van der Waals surface area contributed by atoms with Gasteiger partial charge in [-0.05, 0) is 6.07 Å². The summed E-state index contributed by atoms with van der Waals surface area (Å²) in [6, 6.07) is 7.01. The van der Waals surface area contributed by atoms with E-state index in [0.29, 0.717) is 12.2 Å². The molecule has 0 saturated carbocycles. The molecule has 1 aromatic rings. The smallest absolute Gasteiger partial charge is 0.330 e. The zero-order valence-corrected chi connectivity index (χ0v) is 10.3. The molecule has 17 heavy (non-hydrogen) atoms. The van der Waals surface area contributed by atoms with Gasteiger partial charge in [0, 0.05) is 12.0 Å². The quantitative estimate of drug-likeness (QED) is 0.496. The Morgan fingerprint density at radius 2 is 2.06 bits per heavy atom. The first kappa shape index (κ1) is 13.5. The van der Waals surface area contributed by atoms with Gasteiger partial charge in [0.2, 0.25) is 5.91 Å². The van der Waals surface area contributed by atoms with E-state index in [-0.39, 0.29) is 18.3 Å². The van der Waals surface area contributed by atoms with Crippen LogP contribution in [0.1, 0.15) is 18.9 Å². The molecule has 4 nitrogen and oxygen atoms in total. The maximum absolute atomic E-state index is 11.4. The Morgan fingerprint density at radius 3 is 2.71 bits per heavy atom. The van der Waals surface area contributed by atoms with Gasteiger partial charge in [-0.3, -0.25) is 4.79 Å². The predicted octanol–water partition coefficient (Wildman–Crippen LogP) is 1.86. The number of amides is 1. The molecular weight excluding hydrogens is 242 g/mol. The molecule has 0 aliphatic heterocycles. The predicted molar refractivity (Wildman–Crippen MR) is 64.9 cm³/mol. The fourth-order valence-electron chi connectivity index (χ4n) is 1.17. The lowest BCUT2D eigenvalue weighted by atomic mass is 10.2. The van der Waals surface area contributed by atoms with Crippen LogP contribution in [-0.2, 0) is 15.5 Å². The van der Waals surface area contributed by atoms with Gasteiger partial charge in [-0.25, -0.2) is 4.79 Å². The third-order valence-corrected chi connectivity index (χ3v) is 2.38. The van der Waals surface area contributed by atoms with E-state index in [1.54, 1.807) is 25.1 Å². The lowest BCUT2D eigenvalue weighted by Crippen LogP contribution is -2.31. The minimum Gasteiger partial charge on any atom is -0.425 e. The Morgan fingerprint density at radius 1 is 1.35 bits per heavy atom. The molecule has 0 spiro atoms. The average Bonchev–Trinajstić information content (AvgIpc) is 2.36. The second-order valence-corrected chi connectivity index (χ2v) is 3.61. The third kappa shape index (κ3) is 4.44. The van der Waals surface area contributed by atoms with Crippen LogP contribution in [0.3, 0.4) is 0 Å². The summed E-state index contributed by atoms with van der Waals surface area (Å²) in [6.07, 6.45) is 0.339. The Kier molecular flexibility index (Phi) is 5.49. The van der Waals surface area contributed by atoms with Crippen molar-refractivity contribution in [3.05, 3.63) is 29.8 Å². The molecule has 0 radical (unpaired) electrons. The normalized spacial score (nSPS) is 9.76. The van der Waals surface area contributed by atoms with Crippen molar-refractivity contribution in [3.63, 3.8) is 0 Å². The molecule has 0 bridgehead atoms. The van der Waals surface area contributed by atoms with Gasteiger partial charge >= 0.3 is 5.97 Å². The molecule has 5 heteroatoms. The summed E-state index contributed by atoms with van der Waals surface area (Å²) in [5.41, 5.74) is 0.740. The number of benzene rings is 1. The molecule has 1 amide bonds. The average molecular weight is 256 g/mol. The summed E-state index contributed by atoms with van der Waals surface area (Å²) < 4.78 is 5.09. The van der Waals surface area contributed by atoms with Gasteiger partial charge < -0.3 is 10.1 Å². The van der Waals surface area contributed by atoms with Crippen LogP contribution < -0.4 is 10.1 Å². The molecule has 1 N–H and O–H groups in total. The highest BCUT2D eigenvalue weighted by Crippen LogP contribution is 2.19. The summed E-state index contributed by atoms with van der Waals surface area (Å²) in [6.45, 7) is 1.58. The number of esters is 1. The van der Waals surface area contributed by atoms with Gasteiger partial charge in [-0.15, -0.1) is 11.6 Å². The standard InChI is InChI=1S/C12H14ClNO3/c1-2-11(15)14-8-12(16)17-10-6-4-3-5-9(10)7-13/h3-6H,2,7-8H2,1H3,(H,14,15). The van der Waals surface area contributed by atoms with Crippen LogP contribution in [-0.4, -0.2) is 18.4 Å². The Labute approximate surface area is 105 Å². The van der Waals surface area contributed by atoms with Gasteiger partial charge in [0.05, 0.1) is 5.88 Å². The molecule has 0 fully saturated rings. The van der Waals surface area contributed by atoms with Crippen LogP contribution in [0.5, 0.6) is 5.75 Å². The third-order valence-electron chi connectivity index (χ3n) is 2.09. The first-order valence-corrected chi connectivity index (χ1v) is 5.82. The summed E-state index contributed by atoms with van der Waals surface area (Å²) in [7, 11) is 0. The van der Waals surface area contributed by atoms with Crippen molar-refractivity contribution in [2.45, 2.75) is 19.2 Å². The monoisotopic (exact) mass is 255 g/mol. The number of carbonyl (C=O) groups excluding carboxylic acids is 2. The number of hydrogen-bond acceptors (Lipinski definition) is 3. The lowest BCUT2D eigenvalue weighted by molar-refractivity contribution is -0.135. The van der Waals surface area contributed by atoms with Crippen molar-refractivity contribution >= 4 is 23.5 Å². The lowest BCUT2D eigenvalue weighted by Gasteiger charge is -2.08. The molecule has 0 atom stereocenters. The molecule has 0 heterocycles. The van der Waals surface area contributed by atoms with E-state index in [4.69, 9.17) is 16.3 Å². The zero-order chi connectivity index (χ0) is 12.7. The van der Waals surface area contributed by atoms with E-state index >= 15 is 0 Å². The van der Waals surface area contributed by atoms with Crippen LogP contribution in [0.15, 0.2) is 24.3 Å². The van der Waals surface area contributed by atoms with Crippen molar-refractivity contribution in [2.24, 2.45) is 0 Å². The SMILES string of the molecule is CCC(=O)NCC(=O)Oc1ccccc1CCl. The highest BCUT2D eigenvalue weighted by molar-refractivity contribution is 6.17. The Bertz CT molecular complexity index is 406. The first-order chi connectivity index (χ1) is 8.17. The number of ether oxygens (including phenoxy) is 1. The van der Waals surface area contributed by atoms with Gasteiger partial charge in [0.1, 0.15) is 12.3 Å². The van der Waals surface area contributed by atoms with Crippen molar-refractivity contribution in [2.75, 3.05) is 6.54 Å². The first-order valence-electron chi connectivity index (χ1n) is 5.28. The molecule has 0 aliphatic carbocycles. The molecule has 0 aromatic heterocycles. The summed E-state index contributed by atoms with van der Waals surface area (Å²) >= 11 is 5.70. The van der Waals surface area contributed by atoms with E-state index in [9.17, 15) is 9.59 Å². The van der Waals surface area contributed by atoms with E-state index in [1.807, 2.05) is 6.07 Å². The van der Waals surface area contributed by atoms with E-state index in [0.717, 1.165) is 5.56 Å². The second-order valence-electron chi connectivity index (χ2n) is 3.35. The van der Waals surface area contributed by atoms with E-state index in [2.05, 4.69) is 5.32 Å². The fourth-order valence-corrected chi connectivity index (χ4v) is 1.39. The number of hydrogen-bond donors (Lipinski definition) is 1. The number of alkyl halides is 1. The largest absolute Gasteiger partial charge is 0.425 e. The highest BCUT2D eigenvalue weighted by atomic mass is 35.5. The van der Waals surface area contributed by atoms with Crippen LogP contribution in [0.2, 0.25) is 0 Å². The Hall–Kier alpha value is -1.55. The number of nitrogens with one attached hydrogen (secondary N) is 1. The van der Waals surface area contributed by atoms with Crippen molar-refractivity contribution in [3.8, 4) is 5.75 Å². The van der Waals surface area contributed by atoms with Gasteiger partial charge in [-0.2, -0.15) is 0 Å². The molecular formula is C12H14ClNO3. The van der Waals surface area contributed by atoms with Crippen LogP contribution >= 0.6 is 11.6 Å². The molecule has 1 aromatic carbocycles. The van der Waals surface area contributed by atoms with Crippen molar-refractivity contribution in [1.29, 1.82) is 0 Å². The van der Waals surface area contributed by atoms with Crippen LogP contribution in [0.25, 0.3) is 0 Å². The van der Waals surface area contributed by atoms with Gasteiger partial charge in [0.25, 0.3) is 0 Å². The fraction of sp³-hybridized carbons (Fsp3) is 0.333. The number of para-hydroxylation sites is 1. The van der Waals surface area contributed by atoms with Gasteiger partial charge in [-0.1, -0.05) is 25.1 Å².